The minimum absolute atomic E-state index is 0.000942. The molecule has 0 aliphatic heterocycles. The number of carbonyl (C=O) groups is 1. The summed E-state index contributed by atoms with van der Waals surface area (Å²) in [5.74, 6) is -0.137. The largest absolute Gasteiger partial charge is 0.354 e. The molecule has 1 aliphatic rings. The SMILES string of the molecule is O=C(Cn1nc(C(F)F)c(Cl)c1C1CC1)NCCCn1cccn1. The highest BCUT2D eigenvalue weighted by Gasteiger charge is 2.34. The van der Waals surface area contributed by atoms with Gasteiger partial charge < -0.3 is 5.32 Å². The van der Waals surface area contributed by atoms with Crippen molar-refractivity contribution in [3.63, 3.8) is 0 Å². The Morgan fingerprint density at radius 1 is 1.46 bits per heavy atom. The van der Waals surface area contributed by atoms with E-state index in [9.17, 15) is 13.6 Å². The van der Waals surface area contributed by atoms with Crippen LogP contribution in [0, 0.1) is 0 Å². The Labute approximate surface area is 142 Å². The summed E-state index contributed by atoms with van der Waals surface area (Å²) in [6.45, 7) is 1.08. The Morgan fingerprint density at radius 2 is 2.25 bits per heavy atom. The van der Waals surface area contributed by atoms with Crippen LogP contribution < -0.4 is 5.32 Å². The number of nitrogens with zero attached hydrogens (tertiary/aromatic N) is 4. The maximum atomic E-state index is 13.0. The molecule has 0 unspecified atom stereocenters. The number of aryl methyl sites for hydroxylation is 1. The van der Waals surface area contributed by atoms with Gasteiger partial charge in [0.1, 0.15) is 12.2 Å². The van der Waals surface area contributed by atoms with E-state index in [1.807, 2.05) is 12.3 Å². The Balaban J connectivity index is 1.55. The Hall–Kier alpha value is -1.96. The quantitative estimate of drug-likeness (QED) is 0.739. The topological polar surface area (TPSA) is 64.7 Å². The first-order valence-corrected chi connectivity index (χ1v) is 8.22. The first kappa shape index (κ1) is 16.9. The summed E-state index contributed by atoms with van der Waals surface area (Å²) < 4.78 is 29.0. The third-order valence-electron chi connectivity index (χ3n) is 3.87. The summed E-state index contributed by atoms with van der Waals surface area (Å²) in [4.78, 5) is 12.0. The Kier molecular flexibility index (Phi) is 5.13. The number of hydrogen-bond acceptors (Lipinski definition) is 3. The molecule has 0 radical (unpaired) electrons. The van der Waals surface area contributed by atoms with Gasteiger partial charge in [-0.1, -0.05) is 11.6 Å². The monoisotopic (exact) mass is 357 g/mol. The highest BCUT2D eigenvalue weighted by atomic mass is 35.5. The van der Waals surface area contributed by atoms with Gasteiger partial charge in [0.15, 0.2) is 0 Å². The van der Waals surface area contributed by atoms with Crippen LogP contribution in [0.4, 0.5) is 8.78 Å². The second kappa shape index (κ2) is 7.29. The van der Waals surface area contributed by atoms with Crippen molar-refractivity contribution in [3.8, 4) is 0 Å². The number of halogens is 3. The fourth-order valence-electron chi connectivity index (χ4n) is 2.57. The highest BCUT2D eigenvalue weighted by Crippen LogP contribution is 2.45. The molecule has 6 nitrogen and oxygen atoms in total. The van der Waals surface area contributed by atoms with Crippen LogP contribution >= 0.6 is 11.6 Å². The molecule has 9 heteroatoms. The highest BCUT2D eigenvalue weighted by molar-refractivity contribution is 6.32. The lowest BCUT2D eigenvalue weighted by Gasteiger charge is -2.08. The molecule has 2 aromatic heterocycles. The molecule has 2 aromatic rings. The second-order valence-electron chi connectivity index (χ2n) is 5.79. The molecule has 0 bridgehead atoms. The van der Waals surface area contributed by atoms with Crippen molar-refractivity contribution in [1.29, 1.82) is 0 Å². The van der Waals surface area contributed by atoms with Gasteiger partial charge in [-0.25, -0.2) is 8.78 Å². The van der Waals surface area contributed by atoms with E-state index in [1.165, 1.54) is 4.68 Å². The van der Waals surface area contributed by atoms with Gasteiger partial charge in [0.2, 0.25) is 5.91 Å². The van der Waals surface area contributed by atoms with Crippen molar-refractivity contribution in [3.05, 3.63) is 34.9 Å². The standard InChI is InChI=1S/C15H18ClF2N5O/c16-12-13(15(17)18)21-23(14(12)10-3-4-10)9-11(24)19-5-1-7-22-8-2-6-20-22/h2,6,8,10,15H,1,3-5,7,9H2,(H,19,24). The van der Waals surface area contributed by atoms with Gasteiger partial charge in [0.25, 0.3) is 6.43 Å². The van der Waals surface area contributed by atoms with E-state index in [0.29, 0.717) is 18.8 Å². The summed E-state index contributed by atoms with van der Waals surface area (Å²) in [7, 11) is 0. The number of rotatable bonds is 8. The molecule has 2 heterocycles. The first-order valence-electron chi connectivity index (χ1n) is 7.84. The molecule has 1 aliphatic carbocycles. The molecule has 0 atom stereocenters. The van der Waals surface area contributed by atoms with E-state index in [0.717, 1.165) is 19.3 Å². The van der Waals surface area contributed by atoms with E-state index >= 15 is 0 Å². The van der Waals surface area contributed by atoms with Crippen LogP contribution in [0.2, 0.25) is 5.02 Å². The van der Waals surface area contributed by atoms with Gasteiger partial charge in [-0.15, -0.1) is 0 Å². The molecule has 1 amide bonds. The molecule has 0 aromatic carbocycles. The van der Waals surface area contributed by atoms with Crippen LogP contribution in [0.1, 0.15) is 43.0 Å². The van der Waals surface area contributed by atoms with E-state index in [4.69, 9.17) is 11.6 Å². The number of hydrogen-bond donors (Lipinski definition) is 1. The van der Waals surface area contributed by atoms with Gasteiger partial charge in [-0.3, -0.25) is 14.2 Å². The zero-order chi connectivity index (χ0) is 17.1. The second-order valence-corrected chi connectivity index (χ2v) is 6.17. The van der Waals surface area contributed by atoms with Crippen LogP contribution in [-0.4, -0.2) is 32.0 Å². The Morgan fingerprint density at radius 3 is 2.88 bits per heavy atom. The fraction of sp³-hybridized carbons (Fsp3) is 0.533. The molecule has 1 fully saturated rings. The van der Waals surface area contributed by atoms with Crippen LogP contribution in [-0.2, 0) is 17.9 Å². The van der Waals surface area contributed by atoms with Gasteiger partial charge in [0, 0.05) is 31.4 Å². The molecular weight excluding hydrogens is 340 g/mol. The molecule has 0 saturated heterocycles. The van der Waals surface area contributed by atoms with Crippen molar-refractivity contribution in [2.75, 3.05) is 6.54 Å². The number of nitrogens with one attached hydrogen (secondary N) is 1. The average molecular weight is 358 g/mol. The summed E-state index contributed by atoms with van der Waals surface area (Å²) >= 11 is 6.02. The van der Waals surface area contributed by atoms with E-state index in [1.54, 1.807) is 10.9 Å². The van der Waals surface area contributed by atoms with Crippen molar-refractivity contribution in [1.82, 2.24) is 24.9 Å². The van der Waals surface area contributed by atoms with Crippen LogP contribution in [0.25, 0.3) is 0 Å². The normalized spacial score (nSPS) is 14.3. The summed E-state index contributed by atoms with van der Waals surface area (Å²) in [5.41, 5.74) is 0.115. The van der Waals surface area contributed by atoms with Crippen LogP contribution in [0.3, 0.4) is 0 Å². The number of amides is 1. The summed E-state index contributed by atoms with van der Waals surface area (Å²) in [6.07, 6.45) is 3.30. The molecule has 1 N–H and O–H groups in total. The summed E-state index contributed by atoms with van der Waals surface area (Å²) in [5, 5.41) is 10.7. The molecule has 1 saturated carbocycles. The van der Waals surface area contributed by atoms with Crippen LogP contribution in [0.5, 0.6) is 0 Å². The predicted octanol–water partition coefficient (Wildman–Crippen LogP) is 2.75. The fourth-order valence-corrected chi connectivity index (χ4v) is 2.94. The van der Waals surface area contributed by atoms with Crippen LogP contribution in [0.15, 0.2) is 18.5 Å². The van der Waals surface area contributed by atoms with Gasteiger partial charge in [-0.2, -0.15) is 10.2 Å². The third-order valence-corrected chi connectivity index (χ3v) is 4.25. The number of aromatic nitrogens is 4. The third kappa shape index (κ3) is 3.92. The Bertz CT molecular complexity index is 697. The smallest absolute Gasteiger partial charge is 0.283 e. The zero-order valence-corrected chi connectivity index (χ0v) is 13.7. The maximum absolute atomic E-state index is 13.0. The lowest BCUT2D eigenvalue weighted by molar-refractivity contribution is -0.121. The molecular formula is C15H18ClF2N5O. The summed E-state index contributed by atoms with van der Waals surface area (Å²) in [6, 6.07) is 1.83. The van der Waals surface area contributed by atoms with Crippen molar-refractivity contribution >= 4 is 17.5 Å². The first-order chi connectivity index (χ1) is 11.6. The van der Waals surface area contributed by atoms with E-state index < -0.39 is 12.1 Å². The average Bonchev–Trinajstić information content (AvgIpc) is 3.12. The lowest BCUT2D eigenvalue weighted by Crippen LogP contribution is -2.30. The van der Waals surface area contributed by atoms with Crippen molar-refractivity contribution in [2.24, 2.45) is 0 Å². The molecule has 130 valence electrons. The van der Waals surface area contributed by atoms with Gasteiger partial charge in [-0.05, 0) is 25.3 Å². The number of alkyl halides is 2. The van der Waals surface area contributed by atoms with Crippen molar-refractivity contribution in [2.45, 2.75) is 44.7 Å². The van der Waals surface area contributed by atoms with Gasteiger partial charge in [0.05, 0.1) is 10.7 Å². The van der Waals surface area contributed by atoms with E-state index in [-0.39, 0.29) is 23.4 Å². The lowest BCUT2D eigenvalue weighted by atomic mass is 10.2. The molecule has 0 spiro atoms. The molecule has 24 heavy (non-hydrogen) atoms. The van der Waals surface area contributed by atoms with Gasteiger partial charge >= 0.3 is 0 Å². The number of carbonyl (C=O) groups excluding carboxylic acids is 1. The minimum Gasteiger partial charge on any atom is -0.354 e. The predicted molar refractivity (Wildman–Crippen MR) is 84.0 cm³/mol. The van der Waals surface area contributed by atoms with Crippen molar-refractivity contribution < 1.29 is 13.6 Å². The minimum atomic E-state index is -2.74. The molecule has 3 rings (SSSR count). The maximum Gasteiger partial charge on any atom is 0.283 e. The zero-order valence-electron chi connectivity index (χ0n) is 13.0. The van der Waals surface area contributed by atoms with E-state index in [2.05, 4.69) is 15.5 Å².